The molecule has 0 aliphatic rings. The first-order valence-electron chi connectivity index (χ1n) is 5.76. The van der Waals surface area contributed by atoms with E-state index in [0.717, 1.165) is 9.79 Å². The zero-order valence-corrected chi connectivity index (χ0v) is 11.9. The Kier molecular flexibility index (Phi) is 4.56. The summed E-state index contributed by atoms with van der Waals surface area (Å²) in [5.74, 6) is -0.255. The number of anilines is 1. The lowest BCUT2D eigenvalue weighted by Gasteiger charge is -2.11. The Bertz CT molecular complexity index is 592. The van der Waals surface area contributed by atoms with Crippen molar-refractivity contribution in [1.82, 2.24) is 0 Å². The van der Waals surface area contributed by atoms with E-state index in [1.54, 1.807) is 19.1 Å². The van der Waals surface area contributed by atoms with Crippen molar-refractivity contribution in [3.63, 3.8) is 0 Å². The Morgan fingerprint density at radius 1 is 1.26 bits per heavy atom. The summed E-state index contributed by atoms with van der Waals surface area (Å²) in [6.07, 6.45) is 0. The molecule has 100 valence electrons. The van der Waals surface area contributed by atoms with Crippen molar-refractivity contribution in [1.29, 1.82) is 0 Å². The molecule has 2 rings (SSSR count). The molecule has 0 saturated heterocycles. The summed E-state index contributed by atoms with van der Waals surface area (Å²) in [4.78, 5) is 1.59. The van der Waals surface area contributed by atoms with Crippen molar-refractivity contribution in [3.8, 4) is 5.75 Å². The summed E-state index contributed by atoms with van der Waals surface area (Å²) < 4.78 is 18.8. The van der Waals surface area contributed by atoms with Crippen molar-refractivity contribution in [2.24, 2.45) is 0 Å². The van der Waals surface area contributed by atoms with Gasteiger partial charge in [-0.1, -0.05) is 35.5 Å². The maximum absolute atomic E-state index is 13.6. The normalized spacial score (nSPS) is 10.5. The zero-order valence-electron chi connectivity index (χ0n) is 10.3. The van der Waals surface area contributed by atoms with Gasteiger partial charge in [0.05, 0.1) is 11.6 Å². The summed E-state index contributed by atoms with van der Waals surface area (Å²) in [5, 5.41) is 0.634. The third kappa shape index (κ3) is 3.33. The van der Waals surface area contributed by atoms with Crippen LogP contribution in [0.2, 0.25) is 5.02 Å². The van der Waals surface area contributed by atoms with Crippen LogP contribution in [0.5, 0.6) is 5.75 Å². The molecular formula is C14H13ClFNOS. The van der Waals surface area contributed by atoms with E-state index in [2.05, 4.69) is 0 Å². The van der Waals surface area contributed by atoms with Gasteiger partial charge in [-0.3, -0.25) is 0 Å². The minimum Gasteiger partial charge on any atom is -0.491 e. The van der Waals surface area contributed by atoms with Crippen LogP contribution >= 0.6 is 23.4 Å². The number of ether oxygens (including phenoxy) is 1. The average molecular weight is 298 g/mol. The summed E-state index contributed by atoms with van der Waals surface area (Å²) in [7, 11) is 0. The van der Waals surface area contributed by atoms with Crippen LogP contribution in [-0.4, -0.2) is 6.61 Å². The van der Waals surface area contributed by atoms with E-state index in [0.29, 0.717) is 17.3 Å². The highest BCUT2D eigenvalue weighted by Gasteiger charge is 2.11. The zero-order chi connectivity index (χ0) is 13.8. The van der Waals surface area contributed by atoms with Crippen LogP contribution in [-0.2, 0) is 0 Å². The Hall–Kier alpha value is -1.39. The van der Waals surface area contributed by atoms with Gasteiger partial charge in [-0.2, -0.15) is 0 Å². The first kappa shape index (κ1) is 14.0. The quantitative estimate of drug-likeness (QED) is 0.837. The van der Waals surface area contributed by atoms with E-state index in [-0.39, 0.29) is 5.75 Å². The molecule has 0 bridgehead atoms. The maximum Gasteiger partial charge on any atom is 0.167 e. The fraction of sp³-hybridized carbons (Fsp3) is 0.143. The molecule has 2 aromatic carbocycles. The van der Waals surface area contributed by atoms with Gasteiger partial charge in [0, 0.05) is 21.5 Å². The largest absolute Gasteiger partial charge is 0.491 e. The highest BCUT2D eigenvalue weighted by Crippen LogP contribution is 2.38. The molecule has 0 amide bonds. The predicted molar refractivity (Wildman–Crippen MR) is 77.6 cm³/mol. The predicted octanol–water partition coefficient (Wildman–Crippen LogP) is 4.61. The van der Waals surface area contributed by atoms with Gasteiger partial charge in [0.15, 0.2) is 11.6 Å². The molecule has 0 saturated carbocycles. The molecule has 2 aromatic rings. The second kappa shape index (κ2) is 6.17. The molecule has 0 radical (unpaired) electrons. The van der Waals surface area contributed by atoms with Crippen molar-refractivity contribution >= 4 is 29.1 Å². The monoisotopic (exact) mass is 297 g/mol. The van der Waals surface area contributed by atoms with E-state index in [1.165, 1.54) is 17.8 Å². The molecule has 0 fully saturated rings. The Morgan fingerprint density at radius 2 is 2.00 bits per heavy atom. The van der Waals surface area contributed by atoms with Crippen LogP contribution in [0.3, 0.4) is 0 Å². The number of hydrogen-bond donors (Lipinski definition) is 1. The van der Waals surface area contributed by atoms with Crippen LogP contribution in [0.25, 0.3) is 0 Å². The van der Waals surface area contributed by atoms with Crippen LogP contribution in [0.1, 0.15) is 6.92 Å². The summed E-state index contributed by atoms with van der Waals surface area (Å²) >= 11 is 7.48. The summed E-state index contributed by atoms with van der Waals surface area (Å²) in [6, 6.07) is 10.3. The average Bonchev–Trinajstić information content (AvgIpc) is 2.38. The minimum absolute atomic E-state index is 0.200. The topological polar surface area (TPSA) is 35.2 Å². The van der Waals surface area contributed by atoms with Gasteiger partial charge in [-0.15, -0.1) is 0 Å². The number of halogens is 2. The van der Waals surface area contributed by atoms with Crippen molar-refractivity contribution in [2.45, 2.75) is 16.7 Å². The third-order valence-corrected chi connectivity index (χ3v) is 4.01. The number of nitrogen functional groups attached to an aromatic ring is 1. The second-order valence-corrected chi connectivity index (χ2v) is 5.28. The van der Waals surface area contributed by atoms with Crippen LogP contribution in [0.4, 0.5) is 10.1 Å². The maximum atomic E-state index is 13.6. The molecule has 5 heteroatoms. The summed E-state index contributed by atoms with van der Waals surface area (Å²) in [5.41, 5.74) is 6.19. The number of rotatable bonds is 4. The number of hydrogen-bond acceptors (Lipinski definition) is 3. The lowest BCUT2D eigenvalue weighted by atomic mass is 10.3. The third-order valence-electron chi connectivity index (χ3n) is 2.42. The second-order valence-electron chi connectivity index (χ2n) is 3.79. The molecule has 0 heterocycles. The first-order valence-corrected chi connectivity index (χ1v) is 6.95. The highest BCUT2D eigenvalue weighted by molar-refractivity contribution is 7.99. The number of benzene rings is 2. The Balaban J connectivity index is 2.34. The van der Waals surface area contributed by atoms with Gasteiger partial charge in [0.25, 0.3) is 0 Å². The van der Waals surface area contributed by atoms with Gasteiger partial charge in [-0.05, 0) is 25.1 Å². The molecule has 0 aliphatic carbocycles. The van der Waals surface area contributed by atoms with E-state index in [9.17, 15) is 4.39 Å². The first-order chi connectivity index (χ1) is 9.11. The lowest BCUT2D eigenvalue weighted by molar-refractivity contribution is 0.321. The van der Waals surface area contributed by atoms with E-state index in [1.807, 2.05) is 18.2 Å². The Labute approximate surface area is 120 Å². The molecule has 0 spiro atoms. The van der Waals surface area contributed by atoms with E-state index in [4.69, 9.17) is 22.1 Å². The fourth-order valence-electron chi connectivity index (χ4n) is 1.55. The van der Waals surface area contributed by atoms with E-state index >= 15 is 0 Å². The smallest absolute Gasteiger partial charge is 0.167 e. The van der Waals surface area contributed by atoms with Gasteiger partial charge < -0.3 is 10.5 Å². The standard InChI is InChI=1S/C14H13ClFNOS/c1-2-18-12-8-14(11(17)7-10(12)16)19-13-6-4-3-5-9(13)15/h3-8H,2,17H2,1H3. The number of nitrogens with two attached hydrogens (primary N) is 1. The van der Waals surface area contributed by atoms with Crippen molar-refractivity contribution in [2.75, 3.05) is 12.3 Å². The highest BCUT2D eigenvalue weighted by atomic mass is 35.5. The van der Waals surface area contributed by atoms with Gasteiger partial charge >= 0.3 is 0 Å². The van der Waals surface area contributed by atoms with Crippen molar-refractivity contribution < 1.29 is 9.13 Å². The van der Waals surface area contributed by atoms with Gasteiger partial charge in [-0.25, -0.2) is 4.39 Å². The summed E-state index contributed by atoms with van der Waals surface area (Å²) in [6.45, 7) is 2.20. The van der Waals surface area contributed by atoms with E-state index < -0.39 is 5.82 Å². The van der Waals surface area contributed by atoms with Gasteiger partial charge in [0.2, 0.25) is 0 Å². The van der Waals surface area contributed by atoms with Gasteiger partial charge in [0.1, 0.15) is 0 Å². The molecule has 19 heavy (non-hydrogen) atoms. The Morgan fingerprint density at radius 3 is 2.68 bits per heavy atom. The minimum atomic E-state index is -0.456. The van der Waals surface area contributed by atoms with Crippen LogP contribution in [0.15, 0.2) is 46.2 Å². The fourth-order valence-corrected chi connectivity index (χ4v) is 2.69. The molecule has 0 aromatic heterocycles. The molecule has 0 atom stereocenters. The molecule has 0 unspecified atom stereocenters. The molecule has 0 aliphatic heterocycles. The SMILES string of the molecule is CCOc1cc(Sc2ccccc2Cl)c(N)cc1F. The van der Waals surface area contributed by atoms with Crippen molar-refractivity contribution in [3.05, 3.63) is 47.2 Å². The molecule has 2 N–H and O–H groups in total. The lowest BCUT2D eigenvalue weighted by Crippen LogP contribution is -1.97. The molecular weight excluding hydrogens is 285 g/mol. The van der Waals surface area contributed by atoms with Crippen LogP contribution < -0.4 is 10.5 Å². The van der Waals surface area contributed by atoms with Crippen LogP contribution in [0, 0.1) is 5.82 Å². The molecule has 2 nitrogen and oxygen atoms in total.